The van der Waals surface area contributed by atoms with Crippen molar-refractivity contribution in [2.75, 3.05) is 12.8 Å². The fraction of sp³-hybridized carbons (Fsp3) is 0.818. The maximum absolute atomic E-state index is 12.4. The van der Waals surface area contributed by atoms with Gasteiger partial charge in [0.25, 0.3) is 10.0 Å². The number of halogens is 1. The van der Waals surface area contributed by atoms with Gasteiger partial charge >= 0.3 is 0 Å². The Morgan fingerprint density at radius 1 is 1.40 bits per heavy atom. The van der Waals surface area contributed by atoms with Crippen molar-refractivity contribution in [1.82, 2.24) is 19.7 Å². The molecule has 0 aromatic carbocycles. The van der Waals surface area contributed by atoms with Gasteiger partial charge in [-0.1, -0.05) is 24.5 Å². The lowest BCUT2D eigenvalue weighted by atomic mass is 9.88. The zero-order chi connectivity index (χ0) is 14.8. The summed E-state index contributed by atoms with van der Waals surface area (Å²) in [7, 11) is -2.03. The minimum absolute atomic E-state index is 0.0177. The summed E-state index contributed by atoms with van der Waals surface area (Å²) in [5, 5.41) is 7.50. The van der Waals surface area contributed by atoms with Crippen LogP contribution in [0.2, 0.25) is 0 Å². The van der Waals surface area contributed by atoms with Crippen LogP contribution >= 0.6 is 27.7 Å². The molecule has 1 aromatic rings. The second-order valence-corrected chi connectivity index (χ2v) is 8.79. The van der Waals surface area contributed by atoms with E-state index >= 15 is 0 Å². The monoisotopic (exact) mass is 382 g/mol. The average molecular weight is 383 g/mol. The molecule has 0 spiro atoms. The van der Waals surface area contributed by atoms with Crippen LogP contribution in [0.4, 0.5) is 0 Å². The zero-order valence-electron chi connectivity index (χ0n) is 11.6. The molecule has 0 amide bonds. The predicted molar refractivity (Wildman–Crippen MR) is 83.2 cm³/mol. The quantitative estimate of drug-likeness (QED) is 0.841. The molecule has 0 atom stereocenters. The van der Waals surface area contributed by atoms with Crippen molar-refractivity contribution in [3.63, 3.8) is 0 Å². The van der Waals surface area contributed by atoms with E-state index in [-0.39, 0.29) is 14.4 Å². The number of nitrogens with one attached hydrogen (secondary N) is 1. The zero-order valence-corrected chi connectivity index (χ0v) is 14.8. The van der Waals surface area contributed by atoms with Gasteiger partial charge in [-0.25, -0.2) is 17.8 Å². The molecule has 0 saturated heterocycles. The first-order valence-corrected chi connectivity index (χ1v) is 10.0. The molecule has 1 aromatic heterocycles. The number of hydrogen-bond acceptors (Lipinski definition) is 5. The van der Waals surface area contributed by atoms with Crippen molar-refractivity contribution < 1.29 is 8.42 Å². The average Bonchev–Trinajstić information content (AvgIpc) is 2.78. The molecule has 1 saturated carbocycles. The second kappa shape index (κ2) is 6.33. The third-order valence-corrected chi connectivity index (χ3v) is 7.48. The highest BCUT2D eigenvalue weighted by atomic mass is 79.9. The number of thioether (sulfide) groups is 1. The lowest BCUT2D eigenvalue weighted by Crippen LogP contribution is -2.42. The molecule has 2 rings (SSSR count). The summed E-state index contributed by atoms with van der Waals surface area (Å²) < 4.78 is 29.0. The maximum atomic E-state index is 12.4. The number of aromatic nitrogens is 3. The Morgan fingerprint density at radius 3 is 2.55 bits per heavy atom. The summed E-state index contributed by atoms with van der Waals surface area (Å²) in [6.07, 6.45) is 7.75. The largest absolute Gasteiger partial charge is 0.260 e. The summed E-state index contributed by atoms with van der Waals surface area (Å²) in [5.41, 5.74) is 0. The number of aryl methyl sites for hydroxylation is 1. The minimum atomic E-state index is -3.60. The number of nitrogens with zero attached hydrogens (tertiary/aromatic N) is 3. The summed E-state index contributed by atoms with van der Waals surface area (Å²) in [6.45, 7) is 0.453. The van der Waals surface area contributed by atoms with Gasteiger partial charge < -0.3 is 0 Å². The predicted octanol–water partition coefficient (Wildman–Crippen LogP) is 1.92. The first kappa shape index (κ1) is 16.3. The van der Waals surface area contributed by atoms with Crippen LogP contribution in [0.15, 0.2) is 9.63 Å². The van der Waals surface area contributed by atoms with Gasteiger partial charge in [0.05, 0.1) is 0 Å². The molecule has 0 aliphatic heterocycles. The van der Waals surface area contributed by atoms with Gasteiger partial charge in [0, 0.05) is 18.3 Å². The van der Waals surface area contributed by atoms with Crippen molar-refractivity contribution >= 4 is 37.7 Å². The molecule has 1 aliphatic carbocycles. The Kier molecular flexibility index (Phi) is 5.14. The third-order valence-electron chi connectivity index (χ3n) is 3.77. The molecule has 0 bridgehead atoms. The molecule has 114 valence electrons. The summed E-state index contributed by atoms with van der Waals surface area (Å²) in [4.78, 5) is 0. The summed E-state index contributed by atoms with van der Waals surface area (Å²) in [6, 6.07) is 0. The van der Waals surface area contributed by atoms with Gasteiger partial charge in [-0.2, -0.15) is 11.8 Å². The van der Waals surface area contributed by atoms with Crippen molar-refractivity contribution in [3.8, 4) is 0 Å². The first-order valence-electron chi connectivity index (χ1n) is 6.50. The van der Waals surface area contributed by atoms with Gasteiger partial charge in [-0.3, -0.25) is 0 Å². The first-order chi connectivity index (χ1) is 9.40. The van der Waals surface area contributed by atoms with E-state index in [0.29, 0.717) is 6.54 Å². The molecule has 0 radical (unpaired) electrons. The van der Waals surface area contributed by atoms with E-state index in [2.05, 4.69) is 37.2 Å². The smallest absolute Gasteiger partial charge is 0.235 e. The Balaban J connectivity index is 2.13. The molecule has 20 heavy (non-hydrogen) atoms. The van der Waals surface area contributed by atoms with Crippen LogP contribution in [-0.4, -0.2) is 41.0 Å². The highest BCUT2D eigenvalue weighted by molar-refractivity contribution is 9.10. The molecular formula is C11H19BrN4O2S2. The summed E-state index contributed by atoms with van der Waals surface area (Å²) >= 11 is 4.89. The number of rotatable bonds is 5. The van der Waals surface area contributed by atoms with E-state index < -0.39 is 10.0 Å². The van der Waals surface area contributed by atoms with Gasteiger partial charge in [-0.15, -0.1) is 5.10 Å². The Hall–Kier alpha value is -0.120. The van der Waals surface area contributed by atoms with E-state index in [1.807, 2.05) is 0 Å². The second-order valence-electron chi connectivity index (χ2n) is 5.08. The molecule has 9 heteroatoms. The van der Waals surface area contributed by atoms with Crippen LogP contribution in [0.25, 0.3) is 0 Å². The minimum Gasteiger partial charge on any atom is -0.235 e. The van der Waals surface area contributed by atoms with Gasteiger partial charge in [-0.05, 0) is 35.0 Å². The van der Waals surface area contributed by atoms with Gasteiger partial charge in [0.2, 0.25) is 5.03 Å². The highest BCUT2D eigenvalue weighted by Crippen LogP contribution is 2.38. The van der Waals surface area contributed by atoms with Crippen LogP contribution in [0.5, 0.6) is 0 Å². The van der Waals surface area contributed by atoms with E-state index in [1.54, 1.807) is 18.8 Å². The standard InChI is InChI=1S/C11H19BrN4O2S2/c1-16-10(9(12)14-15-16)20(17,18)13-8-11(19-2)6-4-3-5-7-11/h13H,3-8H2,1-2H3. The van der Waals surface area contributed by atoms with Crippen molar-refractivity contribution in [2.45, 2.75) is 41.9 Å². The van der Waals surface area contributed by atoms with Crippen molar-refractivity contribution in [3.05, 3.63) is 4.60 Å². The van der Waals surface area contributed by atoms with Crippen LogP contribution < -0.4 is 4.72 Å². The van der Waals surface area contributed by atoms with Crippen molar-refractivity contribution in [2.24, 2.45) is 7.05 Å². The Labute approximate surface area is 132 Å². The Morgan fingerprint density at radius 2 is 2.05 bits per heavy atom. The van der Waals surface area contributed by atoms with Crippen LogP contribution in [-0.2, 0) is 17.1 Å². The molecule has 1 heterocycles. The van der Waals surface area contributed by atoms with E-state index in [9.17, 15) is 8.42 Å². The molecule has 6 nitrogen and oxygen atoms in total. The van der Waals surface area contributed by atoms with Crippen molar-refractivity contribution in [1.29, 1.82) is 0 Å². The van der Waals surface area contributed by atoms with Crippen LogP contribution in [0, 0.1) is 0 Å². The lowest BCUT2D eigenvalue weighted by Gasteiger charge is -2.35. The summed E-state index contributed by atoms with van der Waals surface area (Å²) in [5.74, 6) is 0. The Bertz CT molecular complexity index is 547. The molecule has 1 aliphatic rings. The fourth-order valence-corrected chi connectivity index (χ4v) is 5.77. The normalized spacial score (nSPS) is 19.1. The van der Waals surface area contributed by atoms with E-state index in [4.69, 9.17) is 0 Å². The number of hydrogen-bond donors (Lipinski definition) is 1. The fourth-order valence-electron chi connectivity index (χ4n) is 2.55. The van der Waals surface area contributed by atoms with Crippen LogP contribution in [0.3, 0.4) is 0 Å². The maximum Gasteiger partial charge on any atom is 0.260 e. The van der Waals surface area contributed by atoms with Gasteiger partial charge in [0.15, 0.2) is 4.60 Å². The molecular weight excluding hydrogens is 364 g/mol. The number of sulfonamides is 1. The SMILES string of the molecule is CSC1(CNS(=O)(=O)c2c(Br)nnn2C)CCCCC1. The molecule has 1 N–H and O–H groups in total. The lowest BCUT2D eigenvalue weighted by molar-refractivity contribution is 0.394. The van der Waals surface area contributed by atoms with Crippen LogP contribution in [0.1, 0.15) is 32.1 Å². The van der Waals surface area contributed by atoms with E-state index in [1.165, 1.54) is 23.9 Å². The highest BCUT2D eigenvalue weighted by Gasteiger charge is 2.34. The van der Waals surface area contributed by atoms with Gasteiger partial charge in [0.1, 0.15) is 0 Å². The van der Waals surface area contributed by atoms with E-state index in [0.717, 1.165) is 12.8 Å². The molecule has 1 fully saturated rings. The third kappa shape index (κ3) is 3.37. The topological polar surface area (TPSA) is 76.9 Å². The molecule has 0 unspecified atom stereocenters.